The molecule has 0 spiro atoms. The fraction of sp³-hybridized carbons (Fsp3) is 0.154. The van der Waals surface area contributed by atoms with Crippen LogP contribution >= 0.6 is 0 Å². The van der Waals surface area contributed by atoms with E-state index in [1.807, 2.05) is 0 Å². The van der Waals surface area contributed by atoms with Crippen LogP contribution in [0.4, 0.5) is 8.78 Å². The van der Waals surface area contributed by atoms with Gasteiger partial charge in [-0.15, -0.1) is 0 Å². The molecular formula is C13H10F2N2O4. The maximum Gasteiger partial charge on any atom is 0.387 e. The number of para-hydroxylation sites is 1. The molecule has 1 aromatic carbocycles. The van der Waals surface area contributed by atoms with Crippen LogP contribution in [0.1, 0.15) is 16.1 Å². The van der Waals surface area contributed by atoms with Gasteiger partial charge >= 0.3 is 12.6 Å². The number of carbonyl (C=O) groups is 1. The van der Waals surface area contributed by atoms with Crippen molar-refractivity contribution in [2.75, 3.05) is 0 Å². The standard InChI is InChI=1S/C13H10F2N2O4/c1-6-9(12(19)20)11(18)17-10(16-6)7-4-2-3-5-8(7)21-13(14)15/h2-5,13H,1H3,(H,19,20)(H,16,17,18). The summed E-state index contributed by atoms with van der Waals surface area (Å²) in [6.45, 7) is -1.68. The molecule has 6 nitrogen and oxygen atoms in total. The number of nitrogens with zero attached hydrogens (tertiary/aromatic N) is 1. The summed E-state index contributed by atoms with van der Waals surface area (Å²) in [5.41, 5.74) is -1.24. The molecule has 0 aliphatic heterocycles. The average molecular weight is 296 g/mol. The lowest BCUT2D eigenvalue weighted by Crippen LogP contribution is -2.21. The van der Waals surface area contributed by atoms with Crippen LogP contribution in [0.25, 0.3) is 11.4 Å². The number of carboxylic acids is 1. The van der Waals surface area contributed by atoms with Gasteiger partial charge in [0.05, 0.1) is 11.3 Å². The number of hydrogen-bond donors (Lipinski definition) is 2. The molecule has 2 rings (SSSR count). The Morgan fingerprint density at radius 1 is 1.38 bits per heavy atom. The molecule has 2 N–H and O–H groups in total. The number of aromatic carboxylic acids is 1. The summed E-state index contributed by atoms with van der Waals surface area (Å²) >= 11 is 0. The number of aromatic amines is 1. The van der Waals surface area contributed by atoms with Gasteiger partial charge in [0.2, 0.25) is 0 Å². The number of halogens is 2. The fourth-order valence-corrected chi connectivity index (χ4v) is 1.83. The normalized spacial score (nSPS) is 10.7. The maximum atomic E-state index is 12.4. The highest BCUT2D eigenvalue weighted by Crippen LogP contribution is 2.28. The van der Waals surface area contributed by atoms with E-state index in [1.165, 1.54) is 25.1 Å². The van der Waals surface area contributed by atoms with E-state index >= 15 is 0 Å². The van der Waals surface area contributed by atoms with Crippen molar-refractivity contribution in [2.24, 2.45) is 0 Å². The predicted molar refractivity (Wildman–Crippen MR) is 68.6 cm³/mol. The van der Waals surface area contributed by atoms with Crippen LogP contribution in [-0.4, -0.2) is 27.7 Å². The lowest BCUT2D eigenvalue weighted by Gasteiger charge is -2.10. The summed E-state index contributed by atoms with van der Waals surface area (Å²) in [4.78, 5) is 28.9. The third kappa shape index (κ3) is 3.04. The third-order valence-corrected chi connectivity index (χ3v) is 2.67. The number of nitrogens with one attached hydrogen (secondary N) is 1. The summed E-state index contributed by atoms with van der Waals surface area (Å²) in [5.74, 6) is -1.62. The average Bonchev–Trinajstić information content (AvgIpc) is 2.37. The number of carboxylic acid groups (broad SMARTS) is 1. The summed E-state index contributed by atoms with van der Waals surface area (Å²) in [7, 11) is 0. The molecule has 0 amide bonds. The molecule has 2 aromatic rings. The molecule has 8 heteroatoms. The van der Waals surface area contributed by atoms with Crippen LogP contribution in [0.5, 0.6) is 5.75 Å². The van der Waals surface area contributed by atoms with E-state index in [-0.39, 0.29) is 22.8 Å². The Morgan fingerprint density at radius 3 is 2.62 bits per heavy atom. The van der Waals surface area contributed by atoms with Gasteiger partial charge in [0.25, 0.3) is 5.56 Å². The van der Waals surface area contributed by atoms with Gasteiger partial charge in [-0.1, -0.05) is 12.1 Å². The minimum absolute atomic E-state index is 0.0203. The van der Waals surface area contributed by atoms with Gasteiger partial charge in [0.15, 0.2) is 0 Å². The molecule has 0 saturated carbocycles. The van der Waals surface area contributed by atoms with E-state index in [4.69, 9.17) is 5.11 Å². The Balaban J connectivity index is 2.58. The van der Waals surface area contributed by atoms with Crippen molar-refractivity contribution in [2.45, 2.75) is 13.5 Å². The molecule has 0 aliphatic carbocycles. The van der Waals surface area contributed by atoms with Gasteiger partial charge in [-0.25, -0.2) is 9.78 Å². The SMILES string of the molecule is Cc1nc(-c2ccccc2OC(F)F)[nH]c(=O)c1C(=O)O. The molecular weight excluding hydrogens is 286 g/mol. The fourth-order valence-electron chi connectivity index (χ4n) is 1.83. The van der Waals surface area contributed by atoms with Crippen molar-refractivity contribution >= 4 is 5.97 Å². The van der Waals surface area contributed by atoms with Crippen molar-refractivity contribution in [3.63, 3.8) is 0 Å². The molecule has 21 heavy (non-hydrogen) atoms. The van der Waals surface area contributed by atoms with E-state index in [2.05, 4.69) is 14.7 Å². The highest BCUT2D eigenvalue weighted by atomic mass is 19.3. The van der Waals surface area contributed by atoms with Crippen LogP contribution in [-0.2, 0) is 0 Å². The Kier molecular flexibility index (Phi) is 3.97. The number of H-pyrrole nitrogens is 1. The number of benzene rings is 1. The van der Waals surface area contributed by atoms with E-state index in [0.29, 0.717) is 0 Å². The molecule has 0 saturated heterocycles. The Labute approximate surface area is 117 Å². The zero-order valence-electron chi connectivity index (χ0n) is 10.8. The number of ether oxygens (including phenoxy) is 1. The lowest BCUT2D eigenvalue weighted by atomic mass is 10.1. The zero-order chi connectivity index (χ0) is 15.6. The molecule has 0 aliphatic rings. The monoisotopic (exact) mass is 296 g/mol. The van der Waals surface area contributed by atoms with Crippen molar-refractivity contribution in [1.29, 1.82) is 0 Å². The van der Waals surface area contributed by atoms with E-state index < -0.39 is 23.7 Å². The van der Waals surface area contributed by atoms with Crippen LogP contribution < -0.4 is 10.3 Å². The van der Waals surface area contributed by atoms with Crippen molar-refractivity contribution in [3.05, 3.63) is 45.9 Å². The maximum absolute atomic E-state index is 12.4. The van der Waals surface area contributed by atoms with Crippen LogP contribution in [0.3, 0.4) is 0 Å². The van der Waals surface area contributed by atoms with Gasteiger partial charge in [-0.2, -0.15) is 8.78 Å². The molecule has 110 valence electrons. The van der Waals surface area contributed by atoms with Crippen molar-refractivity contribution in [1.82, 2.24) is 9.97 Å². The van der Waals surface area contributed by atoms with E-state index in [1.54, 1.807) is 6.07 Å². The number of rotatable bonds is 4. The first kappa shape index (κ1) is 14.6. The molecule has 1 aromatic heterocycles. The van der Waals surface area contributed by atoms with Crippen molar-refractivity contribution < 1.29 is 23.4 Å². The first-order valence-corrected chi connectivity index (χ1v) is 5.78. The quantitative estimate of drug-likeness (QED) is 0.900. The minimum Gasteiger partial charge on any atom is -0.477 e. The lowest BCUT2D eigenvalue weighted by molar-refractivity contribution is -0.0494. The molecule has 0 atom stereocenters. The van der Waals surface area contributed by atoms with Crippen LogP contribution in [0.15, 0.2) is 29.1 Å². The zero-order valence-corrected chi connectivity index (χ0v) is 10.8. The highest BCUT2D eigenvalue weighted by molar-refractivity contribution is 5.88. The smallest absolute Gasteiger partial charge is 0.387 e. The number of hydrogen-bond acceptors (Lipinski definition) is 4. The van der Waals surface area contributed by atoms with E-state index in [9.17, 15) is 18.4 Å². The van der Waals surface area contributed by atoms with Gasteiger partial charge in [-0.05, 0) is 19.1 Å². The summed E-state index contributed by atoms with van der Waals surface area (Å²) in [5, 5.41) is 8.90. The Morgan fingerprint density at radius 2 is 2.05 bits per heavy atom. The molecule has 1 heterocycles. The summed E-state index contributed by atoms with van der Waals surface area (Å²) in [6.07, 6.45) is 0. The largest absolute Gasteiger partial charge is 0.477 e. The first-order chi connectivity index (χ1) is 9.90. The van der Waals surface area contributed by atoms with Crippen molar-refractivity contribution in [3.8, 4) is 17.1 Å². The van der Waals surface area contributed by atoms with Crippen LogP contribution in [0, 0.1) is 6.92 Å². The predicted octanol–water partition coefficient (Wildman–Crippen LogP) is 2.04. The van der Waals surface area contributed by atoms with E-state index in [0.717, 1.165) is 0 Å². The molecule has 0 unspecified atom stereocenters. The summed E-state index contributed by atoms with van der Waals surface area (Å²) in [6, 6.07) is 5.75. The van der Waals surface area contributed by atoms with Gasteiger partial charge < -0.3 is 14.8 Å². The highest BCUT2D eigenvalue weighted by Gasteiger charge is 2.18. The van der Waals surface area contributed by atoms with Crippen LogP contribution in [0.2, 0.25) is 0 Å². The Hall–Kier alpha value is -2.77. The first-order valence-electron chi connectivity index (χ1n) is 5.78. The number of aryl methyl sites for hydroxylation is 1. The van der Waals surface area contributed by atoms with Gasteiger partial charge in [-0.3, -0.25) is 4.79 Å². The molecule has 0 fully saturated rings. The second kappa shape index (κ2) is 5.70. The molecule has 0 bridgehead atoms. The number of aromatic nitrogens is 2. The third-order valence-electron chi connectivity index (χ3n) is 2.67. The topological polar surface area (TPSA) is 92.3 Å². The number of alkyl halides is 2. The minimum atomic E-state index is -3.03. The summed E-state index contributed by atoms with van der Waals surface area (Å²) < 4.78 is 29.1. The second-order valence-corrected chi connectivity index (χ2v) is 4.05. The second-order valence-electron chi connectivity index (χ2n) is 4.05. The van der Waals surface area contributed by atoms with Gasteiger partial charge in [0, 0.05) is 0 Å². The molecule has 0 radical (unpaired) electrons. The van der Waals surface area contributed by atoms with Gasteiger partial charge in [0.1, 0.15) is 17.1 Å². The Bertz CT molecular complexity index is 743.